The minimum Gasteiger partial charge on any atom is -0.306 e. The molecule has 0 radical (unpaired) electrons. The topological polar surface area (TPSA) is 71.1 Å². The third-order valence-electron chi connectivity index (χ3n) is 2.62. The van der Waals surface area contributed by atoms with Gasteiger partial charge in [0.25, 0.3) is 5.91 Å². The number of hydrogen-bond acceptors (Lipinski definition) is 4. The van der Waals surface area contributed by atoms with Gasteiger partial charge < -0.3 is 5.32 Å². The predicted octanol–water partition coefficient (Wildman–Crippen LogP) is 4.74. The molecule has 0 aliphatic rings. The number of anilines is 1. The van der Waals surface area contributed by atoms with Crippen molar-refractivity contribution in [1.29, 1.82) is 0 Å². The maximum atomic E-state index is 12.8. The van der Waals surface area contributed by atoms with E-state index in [0.29, 0.717) is 16.4 Å². The van der Waals surface area contributed by atoms with E-state index < -0.39 is 28.7 Å². The largest absolute Gasteiger partial charge is 0.435 e. The Labute approximate surface area is 147 Å². The van der Waals surface area contributed by atoms with Crippen LogP contribution in [0.4, 0.5) is 23.7 Å². The third-order valence-corrected chi connectivity index (χ3v) is 4.13. The van der Waals surface area contributed by atoms with Crippen molar-refractivity contribution in [3.05, 3.63) is 43.8 Å². The summed E-state index contributed by atoms with van der Waals surface area (Å²) in [7, 11) is 0. The first kappa shape index (κ1) is 18.5. The quantitative estimate of drug-likeness (QED) is 0.768. The van der Waals surface area contributed by atoms with E-state index in [1.54, 1.807) is 5.32 Å². The molecule has 0 spiro atoms. The molecule has 2 rings (SSSR count). The first-order chi connectivity index (χ1) is 11.1. The normalized spacial score (nSPS) is 11.2. The Balaban J connectivity index is 2.14. The van der Waals surface area contributed by atoms with Gasteiger partial charge in [-0.15, -0.1) is 11.3 Å². The number of rotatable bonds is 2. The number of amides is 3. The van der Waals surface area contributed by atoms with E-state index in [1.807, 2.05) is 0 Å². The standard InChI is InChI=1S/C13H8Cl2F3N3O2S/c1-5-19-10(13(16,17)18)9(24-5)11(22)21-12(23)20-8-3-2-6(14)4-7(8)15/h2-4H,1H3,(H2,20,21,22,23). The zero-order valence-corrected chi connectivity index (χ0v) is 14.1. The van der Waals surface area contributed by atoms with Crippen LogP contribution in [0.15, 0.2) is 18.2 Å². The second-order valence-corrected chi connectivity index (χ2v) is 6.49. The van der Waals surface area contributed by atoms with E-state index in [1.165, 1.54) is 25.1 Å². The molecule has 0 unspecified atom stereocenters. The average Bonchev–Trinajstić information content (AvgIpc) is 2.84. The fourth-order valence-electron chi connectivity index (χ4n) is 1.68. The number of hydrogen-bond donors (Lipinski definition) is 2. The smallest absolute Gasteiger partial charge is 0.306 e. The number of halogens is 5. The molecule has 3 amide bonds. The fourth-order valence-corrected chi connectivity index (χ4v) is 2.97. The van der Waals surface area contributed by atoms with Gasteiger partial charge in [0.05, 0.1) is 15.7 Å². The zero-order valence-electron chi connectivity index (χ0n) is 11.8. The molecule has 2 N–H and O–H groups in total. The molecule has 0 atom stereocenters. The van der Waals surface area contributed by atoms with Crippen LogP contribution in [0.2, 0.25) is 10.0 Å². The first-order valence-electron chi connectivity index (χ1n) is 6.20. The number of nitrogens with one attached hydrogen (secondary N) is 2. The summed E-state index contributed by atoms with van der Waals surface area (Å²) in [4.78, 5) is 26.3. The summed E-state index contributed by atoms with van der Waals surface area (Å²) < 4.78 is 38.5. The van der Waals surface area contributed by atoms with Gasteiger partial charge in [-0.2, -0.15) is 13.2 Å². The van der Waals surface area contributed by atoms with Crippen molar-refractivity contribution < 1.29 is 22.8 Å². The fraction of sp³-hybridized carbons (Fsp3) is 0.154. The van der Waals surface area contributed by atoms with Crippen LogP contribution in [0.25, 0.3) is 0 Å². The monoisotopic (exact) mass is 397 g/mol. The Hall–Kier alpha value is -1.84. The van der Waals surface area contributed by atoms with Crippen molar-refractivity contribution in [2.75, 3.05) is 5.32 Å². The average molecular weight is 398 g/mol. The maximum absolute atomic E-state index is 12.8. The molecule has 1 aromatic heterocycles. The third kappa shape index (κ3) is 4.37. The van der Waals surface area contributed by atoms with Gasteiger partial charge in [0.2, 0.25) is 0 Å². The molecule has 11 heteroatoms. The Morgan fingerprint density at radius 1 is 1.25 bits per heavy atom. The number of imide groups is 1. The Morgan fingerprint density at radius 2 is 1.92 bits per heavy atom. The van der Waals surface area contributed by atoms with E-state index in [-0.39, 0.29) is 15.7 Å². The van der Waals surface area contributed by atoms with E-state index in [9.17, 15) is 22.8 Å². The number of thiazole rings is 1. The van der Waals surface area contributed by atoms with Crippen LogP contribution < -0.4 is 10.6 Å². The van der Waals surface area contributed by atoms with Gasteiger partial charge in [-0.3, -0.25) is 10.1 Å². The Kier molecular flexibility index (Phi) is 5.36. The van der Waals surface area contributed by atoms with Crippen molar-refractivity contribution in [3.63, 3.8) is 0 Å². The van der Waals surface area contributed by atoms with Crippen LogP contribution in [-0.2, 0) is 6.18 Å². The van der Waals surface area contributed by atoms with Crippen LogP contribution in [0.5, 0.6) is 0 Å². The van der Waals surface area contributed by atoms with Crippen molar-refractivity contribution in [3.8, 4) is 0 Å². The number of carbonyl (C=O) groups is 2. The molecule has 0 bridgehead atoms. The van der Waals surface area contributed by atoms with Gasteiger partial charge in [-0.05, 0) is 25.1 Å². The molecule has 0 aliphatic heterocycles. The van der Waals surface area contributed by atoms with Crippen LogP contribution in [-0.4, -0.2) is 16.9 Å². The maximum Gasteiger partial charge on any atom is 0.435 e. The molecule has 2 aromatic rings. The summed E-state index contributed by atoms with van der Waals surface area (Å²) in [6.45, 7) is 1.32. The van der Waals surface area contributed by atoms with Crippen molar-refractivity contribution in [2.24, 2.45) is 0 Å². The lowest BCUT2D eigenvalue weighted by Crippen LogP contribution is -2.35. The van der Waals surface area contributed by atoms with Crippen LogP contribution in [0.3, 0.4) is 0 Å². The molecule has 0 saturated heterocycles. The second-order valence-electron chi connectivity index (χ2n) is 4.44. The number of carbonyl (C=O) groups excluding carboxylic acids is 2. The Bertz CT molecular complexity index is 808. The summed E-state index contributed by atoms with van der Waals surface area (Å²) in [5.41, 5.74) is -1.19. The highest BCUT2D eigenvalue weighted by Crippen LogP contribution is 2.34. The van der Waals surface area contributed by atoms with E-state index >= 15 is 0 Å². The first-order valence-corrected chi connectivity index (χ1v) is 7.77. The van der Waals surface area contributed by atoms with Gasteiger partial charge >= 0.3 is 12.2 Å². The summed E-state index contributed by atoms with van der Waals surface area (Å²) in [6.07, 6.45) is -4.80. The molecule has 0 saturated carbocycles. The van der Waals surface area contributed by atoms with Crippen molar-refractivity contribution in [2.45, 2.75) is 13.1 Å². The lowest BCUT2D eigenvalue weighted by atomic mass is 10.3. The number of alkyl halides is 3. The van der Waals surface area contributed by atoms with Crippen LogP contribution in [0, 0.1) is 6.92 Å². The highest BCUT2D eigenvalue weighted by atomic mass is 35.5. The summed E-state index contributed by atoms with van der Waals surface area (Å²) in [5, 5.41) is 4.53. The molecular weight excluding hydrogens is 390 g/mol. The van der Waals surface area contributed by atoms with Crippen LogP contribution in [0.1, 0.15) is 20.4 Å². The molecule has 1 heterocycles. The molecule has 24 heavy (non-hydrogen) atoms. The van der Waals surface area contributed by atoms with Gasteiger partial charge in [-0.1, -0.05) is 23.2 Å². The minimum atomic E-state index is -4.80. The van der Waals surface area contributed by atoms with E-state index in [4.69, 9.17) is 23.2 Å². The number of nitrogens with zero attached hydrogens (tertiary/aromatic N) is 1. The Morgan fingerprint density at radius 3 is 2.50 bits per heavy atom. The molecule has 128 valence electrons. The molecule has 0 fully saturated rings. The summed E-state index contributed by atoms with van der Waals surface area (Å²) in [6, 6.07) is 3.14. The number of aryl methyl sites for hydroxylation is 1. The van der Waals surface area contributed by atoms with Crippen molar-refractivity contribution in [1.82, 2.24) is 10.3 Å². The molecule has 0 aliphatic carbocycles. The predicted molar refractivity (Wildman–Crippen MR) is 84.8 cm³/mol. The highest BCUT2D eigenvalue weighted by Gasteiger charge is 2.39. The van der Waals surface area contributed by atoms with Gasteiger partial charge in [0, 0.05) is 5.02 Å². The molecule has 1 aromatic carbocycles. The summed E-state index contributed by atoms with van der Waals surface area (Å²) >= 11 is 12.1. The number of aromatic nitrogens is 1. The van der Waals surface area contributed by atoms with E-state index in [2.05, 4.69) is 10.3 Å². The van der Waals surface area contributed by atoms with Gasteiger partial charge in [0.15, 0.2) is 5.69 Å². The second kappa shape index (κ2) is 6.96. The van der Waals surface area contributed by atoms with Crippen LogP contribution >= 0.6 is 34.5 Å². The minimum absolute atomic E-state index is 0.0497. The molecular formula is C13H8Cl2F3N3O2S. The van der Waals surface area contributed by atoms with Gasteiger partial charge in [-0.25, -0.2) is 9.78 Å². The van der Waals surface area contributed by atoms with E-state index in [0.717, 1.165) is 0 Å². The summed E-state index contributed by atoms with van der Waals surface area (Å²) in [5.74, 6) is -1.21. The number of benzene rings is 1. The number of urea groups is 1. The van der Waals surface area contributed by atoms with Crippen molar-refractivity contribution >= 4 is 52.2 Å². The zero-order chi connectivity index (χ0) is 18.1. The lowest BCUT2D eigenvalue weighted by molar-refractivity contribution is -0.141. The highest BCUT2D eigenvalue weighted by molar-refractivity contribution is 7.13. The SMILES string of the molecule is Cc1nc(C(F)(F)F)c(C(=O)NC(=O)Nc2ccc(Cl)cc2Cl)s1. The molecule has 5 nitrogen and oxygen atoms in total. The lowest BCUT2D eigenvalue weighted by Gasteiger charge is -2.09. The van der Waals surface area contributed by atoms with Gasteiger partial charge in [0.1, 0.15) is 4.88 Å².